The van der Waals surface area contributed by atoms with Crippen LogP contribution in [0.25, 0.3) is 0 Å². The number of nitrogens with two attached hydrogens (primary N) is 1. The van der Waals surface area contributed by atoms with Crippen molar-refractivity contribution in [1.82, 2.24) is 0 Å². The van der Waals surface area contributed by atoms with E-state index in [0.29, 0.717) is 19.1 Å². The highest BCUT2D eigenvalue weighted by Gasteiger charge is 2.46. The van der Waals surface area contributed by atoms with Crippen molar-refractivity contribution < 1.29 is 23.0 Å². The van der Waals surface area contributed by atoms with Crippen molar-refractivity contribution >= 4 is 23.5 Å². The molecule has 3 fully saturated rings. The van der Waals surface area contributed by atoms with Gasteiger partial charge in [0.15, 0.2) is 23.6 Å². The quantitative estimate of drug-likeness (QED) is 0.333. The standard InChI is InChI=1S/C21H22F2N4O3/c22-15-7-14(4-3-13-1-2-13)8-16(23)19(15)26-20(28)17(27-24)9-25-10-18-29-11-21(5-6-21)12-30-18/h7-9,13,18H,1-2,5-6,10-12,24H2,(H,26,28)/b25-9?,27-17+. The highest BCUT2D eigenvalue weighted by atomic mass is 19.1. The molecule has 1 heterocycles. The molecule has 1 spiro atoms. The monoisotopic (exact) mass is 416 g/mol. The number of carbonyl (C=O) groups is 1. The number of hydrogen-bond acceptors (Lipinski definition) is 6. The van der Waals surface area contributed by atoms with Crippen molar-refractivity contribution in [2.75, 3.05) is 25.1 Å². The Hall–Kier alpha value is -2.83. The van der Waals surface area contributed by atoms with Gasteiger partial charge in [-0.05, 0) is 37.8 Å². The van der Waals surface area contributed by atoms with E-state index in [1.165, 1.54) is 0 Å². The van der Waals surface area contributed by atoms with Crippen LogP contribution in [0.4, 0.5) is 14.5 Å². The molecule has 0 aromatic heterocycles. The summed E-state index contributed by atoms with van der Waals surface area (Å²) >= 11 is 0. The van der Waals surface area contributed by atoms with E-state index in [1.807, 2.05) is 0 Å². The first kappa shape index (κ1) is 20.4. The molecule has 158 valence electrons. The van der Waals surface area contributed by atoms with Crippen molar-refractivity contribution in [2.24, 2.45) is 27.3 Å². The summed E-state index contributed by atoms with van der Waals surface area (Å²) in [4.78, 5) is 16.3. The van der Waals surface area contributed by atoms with Crippen LogP contribution in [0.3, 0.4) is 0 Å². The van der Waals surface area contributed by atoms with E-state index in [0.717, 1.165) is 44.0 Å². The minimum atomic E-state index is -0.935. The Bertz CT molecular complexity index is 926. The number of benzene rings is 1. The highest BCUT2D eigenvalue weighted by Crippen LogP contribution is 2.48. The Labute approximate surface area is 172 Å². The van der Waals surface area contributed by atoms with Crippen LogP contribution < -0.4 is 11.2 Å². The molecule has 7 nitrogen and oxygen atoms in total. The van der Waals surface area contributed by atoms with Crippen LogP contribution in [-0.2, 0) is 14.3 Å². The van der Waals surface area contributed by atoms with Crippen molar-refractivity contribution in [3.8, 4) is 11.8 Å². The molecule has 0 atom stereocenters. The Kier molecular flexibility index (Phi) is 5.79. The topological polar surface area (TPSA) is 98.3 Å². The van der Waals surface area contributed by atoms with Crippen LogP contribution in [0.2, 0.25) is 0 Å². The molecule has 2 saturated carbocycles. The summed E-state index contributed by atoms with van der Waals surface area (Å²) in [5.41, 5.74) is -0.498. The van der Waals surface area contributed by atoms with E-state index >= 15 is 0 Å². The van der Waals surface area contributed by atoms with E-state index in [1.54, 1.807) is 0 Å². The summed E-state index contributed by atoms with van der Waals surface area (Å²) in [6.45, 7) is 1.41. The van der Waals surface area contributed by atoms with Gasteiger partial charge in [0.1, 0.15) is 5.69 Å². The fourth-order valence-electron chi connectivity index (χ4n) is 2.93. The predicted octanol–water partition coefficient (Wildman–Crippen LogP) is 2.20. The lowest BCUT2D eigenvalue weighted by molar-refractivity contribution is -0.201. The summed E-state index contributed by atoms with van der Waals surface area (Å²) in [6, 6.07) is 2.15. The summed E-state index contributed by atoms with van der Waals surface area (Å²) in [7, 11) is 0. The van der Waals surface area contributed by atoms with Gasteiger partial charge in [-0.1, -0.05) is 11.8 Å². The first-order chi connectivity index (χ1) is 14.5. The molecule has 1 amide bonds. The van der Waals surface area contributed by atoms with Crippen molar-refractivity contribution in [2.45, 2.75) is 32.0 Å². The van der Waals surface area contributed by atoms with E-state index in [4.69, 9.17) is 15.3 Å². The van der Waals surface area contributed by atoms with E-state index in [9.17, 15) is 13.6 Å². The molecule has 1 aromatic rings. The highest BCUT2D eigenvalue weighted by molar-refractivity contribution is 6.63. The normalized spacial score (nSPS) is 20.8. The van der Waals surface area contributed by atoms with Crippen molar-refractivity contribution in [3.63, 3.8) is 0 Å². The molecule has 30 heavy (non-hydrogen) atoms. The van der Waals surface area contributed by atoms with E-state index in [2.05, 4.69) is 27.3 Å². The molecule has 0 bridgehead atoms. The molecule has 1 aliphatic heterocycles. The lowest BCUT2D eigenvalue weighted by atomic mass is 10.1. The third-order valence-corrected chi connectivity index (χ3v) is 5.23. The number of halogens is 2. The van der Waals surface area contributed by atoms with Gasteiger partial charge in [0.05, 0.1) is 26.0 Å². The maximum absolute atomic E-state index is 14.3. The Morgan fingerprint density at radius 3 is 2.50 bits per heavy atom. The average Bonchev–Trinajstić information content (AvgIpc) is 3.65. The zero-order valence-electron chi connectivity index (χ0n) is 16.3. The molecule has 9 heteroatoms. The van der Waals surface area contributed by atoms with Crippen LogP contribution in [0.5, 0.6) is 0 Å². The summed E-state index contributed by atoms with van der Waals surface area (Å²) in [5, 5.41) is 5.48. The Morgan fingerprint density at radius 1 is 1.27 bits per heavy atom. The van der Waals surface area contributed by atoms with Crippen molar-refractivity contribution in [1.29, 1.82) is 0 Å². The molecule has 0 unspecified atom stereocenters. The van der Waals surface area contributed by atoms with Gasteiger partial charge in [0.25, 0.3) is 5.91 Å². The van der Waals surface area contributed by atoms with Gasteiger partial charge in [-0.2, -0.15) is 5.10 Å². The third-order valence-electron chi connectivity index (χ3n) is 5.23. The minimum absolute atomic E-state index is 0.152. The van der Waals surface area contributed by atoms with Gasteiger partial charge in [-0.3, -0.25) is 9.79 Å². The number of nitrogens with zero attached hydrogens (tertiary/aromatic N) is 2. The molecule has 2 aliphatic carbocycles. The fraction of sp³-hybridized carbons (Fsp3) is 0.476. The average molecular weight is 416 g/mol. The number of anilines is 1. The van der Waals surface area contributed by atoms with E-state index < -0.39 is 29.5 Å². The molecular formula is C21H22F2N4O3. The SMILES string of the molecule is N/N=C(\C=NCC1OCC2(CC2)CO1)C(=O)Nc1c(F)cc(C#CC2CC2)cc1F. The third kappa shape index (κ3) is 5.01. The van der Waals surface area contributed by atoms with Crippen LogP contribution in [0, 0.1) is 34.8 Å². The maximum atomic E-state index is 14.3. The molecule has 3 aliphatic rings. The first-order valence-corrected chi connectivity index (χ1v) is 9.81. The van der Waals surface area contributed by atoms with E-state index in [-0.39, 0.29) is 23.2 Å². The predicted molar refractivity (Wildman–Crippen MR) is 107 cm³/mol. The summed E-state index contributed by atoms with van der Waals surface area (Å²) in [5.74, 6) is 8.44. The molecule has 0 radical (unpaired) electrons. The molecule has 4 rings (SSSR count). The van der Waals surface area contributed by atoms with Gasteiger partial charge in [-0.15, -0.1) is 0 Å². The van der Waals surface area contributed by atoms with Crippen LogP contribution in [0.15, 0.2) is 22.2 Å². The molecule has 1 aromatic carbocycles. The number of hydrogen-bond donors (Lipinski definition) is 2. The van der Waals surface area contributed by atoms with Gasteiger partial charge in [-0.25, -0.2) is 8.78 Å². The number of ether oxygens (including phenoxy) is 2. The smallest absolute Gasteiger partial charge is 0.277 e. The number of carbonyl (C=O) groups excluding carboxylic acids is 1. The van der Waals surface area contributed by atoms with Gasteiger partial charge in [0, 0.05) is 16.9 Å². The number of amides is 1. The maximum Gasteiger partial charge on any atom is 0.277 e. The second kappa shape index (κ2) is 8.50. The number of aliphatic imine (C=N–C) groups is 1. The van der Waals surface area contributed by atoms with Crippen LogP contribution >= 0.6 is 0 Å². The van der Waals surface area contributed by atoms with Gasteiger partial charge >= 0.3 is 0 Å². The van der Waals surface area contributed by atoms with Gasteiger partial charge in [0.2, 0.25) is 0 Å². The fourth-order valence-corrected chi connectivity index (χ4v) is 2.93. The zero-order chi connectivity index (χ0) is 21.1. The molecule has 1 saturated heterocycles. The number of rotatable bonds is 5. The lowest BCUT2D eigenvalue weighted by Crippen LogP contribution is -2.35. The zero-order valence-corrected chi connectivity index (χ0v) is 16.3. The Morgan fingerprint density at radius 2 is 1.93 bits per heavy atom. The molecular weight excluding hydrogens is 394 g/mol. The second-order valence-corrected chi connectivity index (χ2v) is 7.87. The van der Waals surface area contributed by atoms with Crippen molar-refractivity contribution in [3.05, 3.63) is 29.3 Å². The van der Waals surface area contributed by atoms with Crippen LogP contribution in [0.1, 0.15) is 31.2 Å². The number of hydrazone groups is 1. The first-order valence-electron chi connectivity index (χ1n) is 9.81. The molecule has 3 N–H and O–H groups in total. The minimum Gasteiger partial charge on any atom is -0.350 e. The largest absolute Gasteiger partial charge is 0.350 e. The second-order valence-electron chi connectivity index (χ2n) is 7.87. The number of nitrogens with one attached hydrogen (secondary N) is 1. The Balaban J connectivity index is 1.34. The van der Waals surface area contributed by atoms with Gasteiger partial charge < -0.3 is 20.6 Å². The van der Waals surface area contributed by atoms with Crippen LogP contribution in [-0.4, -0.2) is 43.9 Å². The summed E-state index contributed by atoms with van der Waals surface area (Å²) < 4.78 is 39.7. The summed E-state index contributed by atoms with van der Waals surface area (Å²) in [6.07, 6.45) is 4.84. The lowest BCUT2D eigenvalue weighted by Gasteiger charge is -2.28.